The van der Waals surface area contributed by atoms with Crippen molar-refractivity contribution in [2.45, 2.75) is 90.0 Å². The van der Waals surface area contributed by atoms with Crippen LogP contribution in [0.2, 0.25) is 0 Å². The maximum absolute atomic E-state index is 2.49. The first-order valence-corrected chi connectivity index (χ1v) is 8.51. The van der Waals surface area contributed by atoms with Gasteiger partial charge in [0.05, 0.1) is 0 Å². The van der Waals surface area contributed by atoms with Gasteiger partial charge in [-0.15, -0.1) is 0 Å². The predicted octanol–water partition coefficient (Wildman–Crippen LogP) is 7.04. The van der Waals surface area contributed by atoms with E-state index in [-0.39, 0.29) is 10.8 Å². The minimum atomic E-state index is 0.265. The van der Waals surface area contributed by atoms with Crippen LogP contribution in [0.1, 0.15) is 90.0 Å². The molecule has 0 aliphatic carbocycles. The van der Waals surface area contributed by atoms with Crippen molar-refractivity contribution < 1.29 is 0 Å². The molecule has 0 aliphatic rings. The Labute approximate surface area is 130 Å². The molecule has 20 heavy (non-hydrogen) atoms. The van der Waals surface area contributed by atoms with E-state index in [4.69, 9.17) is 0 Å². The van der Waals surface area contributed by atoms with Gasteiger partial charge in [-0.1, -0.05) is 90.0 Å². The van der Waals surface area contributed by atoms with Crippen LogP contribution in [0.3, 0.4) is 0 Å². The van der Waals surface area contributed by atoms with E-state index in [1.807, 2.05) is 0 Å². The van der Waals surface area contributed by atoms with Crippen molar-refractivity contribution >= 4 is 0 Å². The van der Waals surface area contributed by atoms with Gasteiger partial charge in [-0.25, -0.2) is 0 Å². The van der Waals surface area contributed by atoms with Crippen molar-refractivity contribution in [1.29, 1.82) is 0 Å². The van der Waals surface area contributed by atoms with Crippen molar-refractivity contribution in [2.75, 3.05) is 0 Å². The molecule has 0 saturated heterocycles. The minimum Gasteiger partial charge on any atom is -0.0625 e. The standard InChI is InChI=1S/C20H42/c1-14(2)15(3)16(4)18(8,9)20(12,13)19(10,11)17(5,6)7/h14-16H,1-13H3. The maximum Gasteiger partial charge on any atom is -0.0244 e. The van der Waals surface area contributed by atoms with Crippen LogP contribution in [0.4, 0.5) is 0 Å². The van der Waals surface area contributed by atoms with Crippen LogP contribution in [0.25, 0.3) is 0 Å². The zero-order valence-corrected chi connectivity index (χ0v) is 16.7. The summed E-state index contributed by atoms with van der Waals surface area (Å²) in [5.74, 6) is 2.21. The first kappa shape index (κ1) is 20.0. The third kappa shape index (κ3) is 3.09. The average molecular weight is 283 g/mol. The summed E-state index contributed by atoms with van der Waals surface area (Å²) >= 11 is 0. The van der Waals surface area contributed by atoms with Gasteiger partial charge in [0.25, 0.3) is 0 Å². The third-order valence-electron chi connectivity index (χ3n) is 8.03. The molecular formula is C20H42. The van der Waals surface area contributed by atoms with Crippen molar-refractivity contribution in [3.63, 3.8) is 0 Å². The molecule has 0 rings (SSSR count). The predicted molar refractivity (Wildman–Crippen MR) is 94.0 cm³/mol. The highest BCUT2D eigenvalue weighted by Gasteiger charge is 2.55. The fourth-order valence-corrected chi connectivity index (χ4v) is 3.55. The zero-order chi connectivity index (χ0) is 16.7. The average Bonchev–Trinajstić information content (AvgIpc) is 2.24. The number of rotatable bonds is 5. The lowest BCUT2D eigenvalue weighted by atomic mass is 9.44. The Morgan fingerprint density at radius 2 is 0.900 bits per heavy atom. The highest BCUT2D eigenvalue weighted by molar-refractivity contribution is 5.03. The second-order valence-corrected chi connectivity index (χ2v) is 10.1. The molecule has 0 aromatic carbocycles. The molecule has 0 heterocycles. The van der Waals surface area contributed by atoms with Crippen molar-refractivity contribution in [1.82, 2.24) is 0 Å². The third-order valence-corrected chi connectivity index (χ3v) is 8.03. The maximum atomic E-state index is 2.49. The summed E-state index contributed by atoms with van der Waals surface area (Å²) in [6.07, 6.45) is 0. The molecule has 122 valence electrons. The first-order chi connectivity index (χ1) is 8.51. The summed E-state index contributed by atoms with van der Waals surface area (Å²) in [4.78, 5) is 0. The van der Waals surface area contributed by atoms with E-state index in [0.717, 1.165) is 11.8 Å². The zero-order valence-electron chi connectivity index (χ0n) is 16.7. The fourth-order valence-electron chi connectivity index (χ4n) is 3.55. The molecule has 0 bridgehead atoms. The molecular weight excluding hydrogens is 240 g/mol. The van der Waals surface area contributed by atoms with Gasteiger partial charge in [-0.3, -0.25) is 0 Å². The summed E-state index contributed by atoms with van der Waals surface area (Å²) in [5.41, 5.74) is 1.14. The summed E-state index contributed by atoms with van der Waals surface area (Å²) in [7, 11) is 0. The summed E-state index contributed by atoms with van der Waals surface area (Å²) in [5, 5.41) is 0. The lowest BCUT2D eigenvalue weighted by molar-refractivity contribution is -0.120. The molecule has 0 radical (unpaired) electrons. The van der Waals surface area contributed by atoms with Crippen molar-refractivity contribution in [2.24, 2.45) is 39.4 Å². The Hall–Kier alpha value is 0. The summed E-state index contributed by atoms with van der Waals surface area (Å²) in [6.45, 7) is 31.7. The second kappa shape index (κ2) is 5.65. The topological polar surface area (TPSA) is 0 Å². The Morgan fingerprint density at radius 1 is 0.550 bits per heavy atom. The van der Waals surface area contributed by atoms with E-state index < -0.39 is 0 Å². The molecule has 0 spiro atoms. The lowest BCUT2D eigenvalue weighted by Crippen LogP contribution is -2.54. The summed E-state index contributed by atoms with van der Waals surface area (Å²) in [6, 6.07) is 0. The van der Waals surface area contributed by atoms with Gasteiger partial charge >= 0.3 is 0 Å². The largest absolute Gasteiger partial charge is 0.0625 e. The minimum absolute atomic E-state index is 0.265. The number of hydrogen-bond acceptors (Lipinski definition) is 0. The molecule has 0 N–H and O–H groups in total. The Balaban J connectivity index is 5.69. The molecule has 0 heteroatoms. The second-order valence-electron chi connectivity index (χ2n) is 10.1. The van der Waals surface area contributed by atoms with E-state index in [1.165, 1.54) is 0 Å². The Kier molecular flexibility index (Phi) is 5.65. The molecule has 0 fully saturated rings. The molecule has 0 saturated carbocycles. The van der Waals surface area contributed by atoms with Gasteiger partial charge in [0.1, 0.15) is 0 Å². The van der Waals surface area contributed by atoms with E-state index in [2.05, 4.69) is 90.0 Å². The Morgan fingerprint density at radius 3 is 1.15 bits per heavy atom. The van der Waals surface area contributed by atoms with Gasteiger partial charge in [0.2, 0.25) is 0 Å². The van der Waals surface area contributed by atoms with Crippen LogP contribution in [-0.4, -0.2) is 0 Å². The van der Waals surface area contributed by atoms with E-state index in [9.17, 15) is 0 Å². The molecule has 0 aliphatic heterocycles. The molecule has 0 amide bonds. The Bertz CT molecular complexity index is 309. The molecule has 2 atom stereocenters. The van der Waals surface area contributed by atoms with E-state index >= 15 is 0 Å². The smallest absolute Gasteiger partial charge is 0.0244 e. The number of hydrogen-bond donors (Lipinski definition) is 0. The fraction of sp³-hybridized carbons (Fsp3) is 1.00. The van der Waals surface area contributed by atoms with Gasteiger partial charge in [0, 0.05) is 0 Å². The van der Waals surface area contributed by atoms with Crippen LogP contribution < -0.4 is 0 Å². The molecule has 2 unspecified atom stereocenters. The normalized spacial score (nSPS) is 18.3. The molecule has 0 aromatic rings. The first-order valence-electron chi connectivity index (χ1n) is 8.51. The summed E-state index contributed by atoms with van der Waals surface area (Å²) < 4.78 is 0. The van der Waals surface area contributed by atoms with Gasteiger partial charge in [0.15, 0.2) is 0 Å². The SMILES string of the molecule is CC(C)C(C)C(C)C(C)(C)C(C)(C)C(C)(C)C(C)(C)C. The van der Waals surface area contributed by atoms with Crippen molar-refractivity contribution in [3.05, 3.63) is 0 Å². The van der Waals surface area contributed by atoms with E-state index in [1.54, 1.807) is 0 Å². The highest BCUT2D eigenvalue weighted by atomic mass is 14.6. The van der Waals surface area contributed by atoms with Crippen LogP contribution in [0, 0.1) is 39.4 Å². The van der Waals surface area contributed by atoms with Gasteiger partial charge in [-0.05, 0) is 39.4 Å². The highest BCUT2D eigenvalue weighted by Crippen LogP contribution is 2.62. The van der Waals surface area contributed by atoms with Gasteiger partial charge < -0.3 is 0 Å². The molecule has 0 aromatic heterocycles. The lowest BCUT2D eigenvalue weighted by Gasteiger charge is -2.60. The van der Waals surface area contributed by atoms with Crippen LogP contribution in [0.5, 0.6) is 0 Å². The van der Waals surface area contributed by atoms with Gasteiger partial charge in [-0.2, -0.15) is 0 Å². The monoisotopic (exact) mass is 282 g/mol. The van der Waals surface area contributed by atoms with Crippen LogP contribution in [0.15, 0.2) is 0 Å². The molecule has 0 nitrogen and oxygen atoms in total. The van der Waals surface area contributed by atoms with E-state index in [0.29, 0.717) is 16.7 Å². The van der Waals surface area contributed by atoms with Crippen LogP contribution in [-0.2, 0) is 0 Å². The van der Waals surface area contributed by atoms with Crippen molar-refractivity contribution in [3.8, 4) is 0 Å². The van der Waals surface area contributed by atoms with Crippen LogP contribution >= 0.6 is 0 Å². The quantitative estimate of drug-likeness (QED) is 0.507.